The predicted molar refractivity (Wildman–Crippen MR) is 136 cm³/mol. The average Bonchev–Trinajstić information content (AvgIpc) is 3.09. The van der Waals surface area contributed by atoms with Crippen molar-refractivity contribution in [3.63, 3.8) is 0 Å². The molecule has 0 N–H and O–H groups in total. The summed E-state index contributed by atoms with van der Waals surface area (Å²) in [4.78, 5) is 19.7. The van der Waals surface area contributed by atoms with Gasteiger partial charge in [0, 0.05) is 27.2 Å². The van der Waals surface area contributed by atoms with Crippen LogP contribution < -0.4 is 4.74 Å². The lowest BCUT2D eigenvalue weighted by Gasteiger charge is -2.12. The lowest BCUT2D eigenvalue weighted by atomic mass is 10.1. The highest BCUT2D eigenvalue weighted by molar-refractivity contribution is 9.10. The maximum Gasteiger partial charge on any atom is 0.266 e. The van der Waals surface area contributed by atoms with Crippen molar-refractivity contribution in [1.82, 2.24) is 4.90 Å². The molecule has 1 aliphatic rings. The van der Waals surface area contributed by atoms with Gasteiger partial charge in [0.2, 0.25) is 0 Å². The van der Waals surface area contributed by atoms with Crippen LogP contribution in [0.4, 0.5) is 10.1 Å². The van der Waals surface area contributed by atoms with E-state index in [2.05, 4.69) is 20.9 Å². The maximum absolute atomic E-state index is 13.2. The summed E-state index contributed by atoms with van der Waals surface area (Å²) in [5, 5.41) is 1.19. The Bertz CT molecular complexity index is 1250. The van der Waals surface area contributed by atoms with E-state index in [0.29, 0.717) is 39.7 Å². The number of thioether (sulfide) groups is 1. The van der Waals surface area contributed by atoms with Crippen molar-refractivity contribution in [3.05, 3.63) is 98.1 Å². The zero-order chi connectivity index (χ0) is 23.4. The molecule has 4 nitrogen and oxygen atoms in total. The Hall–Kier alpha value is -2.61. The van der Waals surface area contributed by atoms with Gasteiger partial charge in [-0.25, -0.2) is 9.38 Å². The Morgan fingerprint density at radius 2 is 1.91 bits per heavy atom. The summed E-state index contributed by atoms with van der Waals surface area (Å²) in [6, 6.07) is 19.0. The minimum Gasteiger partial charge on any atom is -0.488 e. The van der Waals surface area contributed by atoms with Crippen LogP contribution in [-0.2, 0) is 11.4 Å². The first kappa shape index (κ1) is 23.5. The van der Waals surface area contributed by atoms with Crippen molar-refractivity contribution in [2.45, 2.75) is 13.5 Å². The SMILES string of the molecule is CCN1C(=O)/C(=C\c2cc(Br)ccc2OCc2ccccc2Cl)SC1=Nc1ccc(F)cc1. The fourth-order valence-electron chi connectivity index (χ4n) is 3.17. The molecule has 1 fully saturated rings. The number of aliphatic imine (C=N–C) groups is 1. The number of amides is 1. The number of carbonyl (C=O) groups is 1. The van der Waals surface area contributed by atoms with E-state index in [0.717, 1.165) is 15.6 Å². The molecule has 4 rings (SSSR count). The molecule has 0 radical (unpaired) electrons. The van der Waals surface area contributed by atoms with Gasteiger partial charge in [-0.1, -0.05) is 45.7 Å². The van der Waals surface area contributed by atoms with Crippen LogP contribution in [0.25, 0.3) is 6.08 Å². The van der Waals surface area contributed by atoms with E-state index >= 15 is 0 Å². The highest BCUT2D eigenvalue weighted by Crippen LogP contribution is 2.36. The standard InChI is InChI=1S/C25H19BrClFN2O2S/c1-2-30-24(31)23(33-25(30)29-20-10-8-19(28)9-11-20)14-17-13-18(26)7-12-22(17)32-15-16-5-3-4-6-21(16)27/h3-14H,2,15H2,1H3/b23-14+,29-25?. The summed E-state index contributed by atoms with van der Waals surface area (Å²) in [7, 11) is 0. The normalized spacial score (nSPS) is 16.1. The number of amidine groups is 1. The molecule has 1 amide bonds. The largest absolute Gasteiger partial charge is 0.488 e. The maximum atomic E-state index is 13.2. The summed E-state index contributed by atoms with van der Waals surface area (Å²) in [5.41, 5.74) is 2.21. The highest BCUT2D eigenvalue weighted by atomic mass is 79.9. The van der Waals surface area contributed by atoms with Crippen molar-refractivity contribution >= 4 is 62.1 Å². The van der Waals surface area contributed by atoms with Crippen LogP contribution in [0.15, 0.2) is 81.1 Å². The lowest BCUT2D eigenvalue weighted by Crippen LogP contribution is -2.28. The summed E-state index contributed by atoms with van der Waals surface area (Å²) in [6.45, 7) is 2.66. The monoisotopic (exact) mass is 544 g/mol. The molecular weight excluding hydrogens is 527 g/mol. The lowest BCUT2D eigenvalue weighted by molar-refractivity contribution is -0.122. The molecule has 1 saturated heterocycles. The third-order valence-electron chi connectivity index (χ3n) is 4.86. The average molecular weight is 546 g/mol. The Kier molecular flexibility index (Phi) is 7.53. The van der Waals surface area contributed by atoms with Crippen LogP contribution in [0.2, 0.25) is 5.02 Å². The first-order valence-electron chi connectivity index (χ1n) is 10.2. The van der Waals surface area contributed by atoms with Crippen LogP contribution in [0.3, 0.4) is 0 Å². The number of ether oxygens (including phenoxy) is 1. The molecule has 0 atom stereocenters. The fourth-order valence-corrected chi connectivity index (χ4v) is 4.79. The molecule has 0 aliphatic carbocycles. The van der Waals surface area contributed by atoms with Crippen molar-refractivity contribution in [2.24, 2.45) is 4.99 Å². The van der Waals surface area contributed by atoms with Crippen LogP contribution in [0.5, 0.6) is 5.75 Å². The van der Waals surface area contributed by atoms with Crippen molar-refractivity contribution in [3.8, 4) is 5.75 Å². The van der Waals surface area contributed by atoms with Gasteiger partial charge in [-0.15, -0.1) is 0 Å². The zero-order valence-electron chi connectivity index (χ0n) is 17.6. The molecule has 0 saturated carbocycles. The first-order chi connectivity index (χ1) is 15.9. The Balaban J connectivity index is 1.62. The highest BCUT2D eigenvalue weighted by Gasteiger charge is 2.32. The molecule has 0 unspecified atom stereocenters. The zero-order valence-corrected chi connectivity index (χ0v) is 20.8. The quantitative estimate of drug-likeness (QED) is 0.302. The van der Waals surface area contributed by atoms with E-state index in [9.17, 15) is 9.18 Å². The number of benzene rings is 3. The number of carbonyl (C=O) groups excluding carboxylic acids is 1. The van der Waals surface area contributed by atoms with Gasteiger partial charge >= 0.3 is 0 Å². The minimum absolute atomic E-state index is 0.139. The van der Waals surface area contributed by atoms with Crippen molar-refractivity contribution < 1.29 is 13.9 Å². The van der Waals surface area contributed by atoms with Crippen molar-refractivity contribution in [2.75, 3.05) is 6.54 Å². The summed E-state index contributed by atoms with van der Waals surface area (Å²) < 4.78 is 20.1. The van der Waals surface area contributed by atoms with Gasteiger partial charge in [0.15, 0.2) is 5.17 Å². The fraction of sp³-hybridized carbons (Fsp3) is 0.120. The molecule has 8 heteroatoms. The Morgan fingerprint density at radius 1 is 1.15 bits per heavy atom. The van der Waals surface area contributed by atoms with E-state index in [-0.39, 0.29) is 11.7 Å². The molecule has 3 aromatic carbocycles. The number of rotatable bonds is 6. The second kappa shape index (κ2) is 10.5. The first-order valence-corrected chi connectivity index (χ1v) is 12.1. The predicted octanol–water partition coefficient (Wildman–Crippen LogP) is 7.44. The van der Waals surface area contributed by atoms with Gasteiger partial charge in [-0.3, -0.25) is 9.69 Å². The molecule has 1 aliphatic heterocycles. The van der Waals surface area contributed by atoms with Crippen LogP contribution in [0.1, 0.15) is 18.1 Å². The molecule has 0 bridgehead atoms. The molecular formula is C25H19BrClFN2O2S. The van der Waals surface area contributed by atoms with Gasteiger partial charge in [0.05, 0.1) is 10.6 Å². The van der Waals surface area contributed by atoms with Gasteiger partial charge in [-0.2, -0.15) is 0 Å². The third kappa shape index (κ3) is 5.66. The van der Waals surface area contributed by atoms with E-state index in [1.165, 1.54) is 23.9 Å². The van der Waals surface area contributed by atoms with Gasteiger partial charge < -0.3 is 4.74 Å². The van der Waals surface area contributed by atoms with E-state index in [4.69, 9.17) is 16.3 Å². The molecule has 0 aromatic heterocycles. The topological polar surface area (TPSA) is 41.9 Å². The number of nitrogens with zero attached hydrogens (tertiary/aromatic N) is 2. The number of hydrogen-bond acceptors (Lipinski definition) is 4. The molecule has 33 heavy (non-hydrogen) atoms. The Morgan fingerprint density at radius 3 is 2.64 bits per heavy atom. The summed E-state index contributed by atoms with van der Waals surface area (Å²) in [6.07, 6.45) is 1.80. The number of halogens is 3. The van der Waals surface area contributed by atoms with Gasteiger partial charge in [-0.05, 0) is 73.3 Å². The van der Waals surface area contributed by atoms with Gasteiger partial charge in [0.25, 0.3) is 5.91 Å². The third-order valence-corrected chi connectivity index (χ3v) is 6.72. The summed E-state index contributed by atoms with van der Waals surface area (Å²) in [5.74, 6) is 0.160. The van der Waals surface area contributed by atoms with E-state index in [1.807, 2.05) is 49.4 Å². The molecule has 3 aromatic rings. The molecule has 1 heterocycles. The summed E-state index contributed by atoms with van der Waals surface area (Å²) >= 11 is 11.0. The van der Waals surface area contributed by atoms with E-state index in [1.54, 1.807) is 23.1 Å². The van der Waals surface area contributed by atoms with Crippen LogP contribution in [0, 0.1) is 5.82 Å². The molecule has 0 spiro atoms. The van der Waals surface area contributed by atoms with Crippen LogP contribution in [-0.4, -0.2) is 22.5 Å². The number of hydrogen-bond donors (Lipinski definition) is 0. The minimum atomic E-state index is -0.332. The second-order valence-corrected chi connectivity index (χ2v) is 9.43. The molecule has 168 valence electrons. The van der Waals surface area contributed by atoms with Crippen LogP contribution >= 0.6 is 39.3 Å². The smallest absolute Gasteiger partial charge is 0.266 e. The van der Waals surface area contributed by atoms with Crippen molar-refractivity contribution in [1.29, 1.82) is 0 Å². The van der Waals surface area contributed by atoms with E-state index < -0.39 is 0 Å². The Labute approximate surface area is 209 Å². The van der Waals surface area contributed by atoms with Gasteiger partial charge in [0.1, 0.15) is 18.2 Å². The second-order valence-electron chi connectivity index (χ2n) is 7.09. The number of likely N-dealkylation sites (N-methyl/N-ethyl adjacent to an activating group) is 1.